The summed E-state index contributed by atoms with van der Waals surface area (Å²) in [7, 11) is 0. The fourth-order valence-corrected chi connectivity index (χ4v) is 1.34. The zero-order chi connectivity index (χ0) is 9.26. The van der Waals surface area contributed by atoms with Gasteiger partial charge in [0.25, 0.3) is 5.56 Å². The summed E-state index contributed by atoms with van der Waals surface area (Å²) < 4.78 is 0. The molecule has 0 aliphatic heterocycles. The van der Waals surface area contributed by atoms with E-state index in [2.05, 4.69) is 9.97 Å². The molecule has 0 atom stereocenters. The normalized spacial score (nSPS) is 13.8. The number of aromatic amines is 1. The second-order valence-electron chi connectivity index (χ2n) is 2.87. The molecule has 1 heterocycles. The Labute approximate surface area is 74.3 Å². The first-order valence-electron chi connectivity index (χ1n) is 4.06. The first kappa shape index (κ1) is 7.91. The van der Waals surface area contributed by atoms with E-state index < -0.39 is 5.56 Å². The minimum absolute atomic E-state index is 0.0333. The molecule has 0 amide bonds. The molecule has 1 aliphatic rings. The van der Waals surface area contributed by atoms with Gasteiger partial charge in [-0.15, -0.1) is 0 Å². The first-order chi connectivity index (χ1) is 6.31. The average Bonchev–Trinajstić information content (AvgIpc) is 2.17. The molecule has 13 heavy (non-hydrogen) atoms. The van der Waals surface area contributed by atoms with Crippen molar-refractivity contribution in [1.29, 1.82) is 0 Å². The van der Waals surface area contributed by atoms with Crippen molar-refractivity contribution < 1.29 is 4.79 Å². The third-order valence-electron chi connectivity index (χ3n) is 1.99. The predicted octanol–water partition coefficient (Wildman–Crippen LogP) is 0.542. The van der Waals surface area contributed by atoms with Gasteiger partial charge in [-0.3, -0.25) is 9.59 Å². The highest BCUT2D eigenvalue weighted by atomic mass is 16.1. The van der Waals surface area contributed by atoms with Crippen LogP contribution >= 0.6 is 0 Å². The standard InChI is InChI=1S/C9H8N2O2/c12-5-8-9(13)11-7-4-2-1-3-6(7)10-8/h2,4-5H,1,3H2,(H,11,13). The highest BCUT2D eigenvalue weighted by molar-refractivity contribution is 5.71. The van der Waals surface area contributed by atoms with Gasteiger partial charge in [0.2, 0.25) is 0 Å². The van der Waals surface area contributed by atoms with Gasteiger partial charge in [-0.25, -0.2) is 4.98 Å². The lowest BCUT2D eigenvalue weighted by molar-refractivity contribution is 0.111. The molecule has 1 aromatic heterocycles. The van der Waals surface area contributed by atoms with Gasteiger partial charge in [-0.2, -0.15) is 0 Å². The number of rotatable bonds is 1. The fraction of sp³-hybridized carbons (Fsp3) is 0.222. The average molecular weight is 176 g/mol. The zero-order valence-corrected chi connectivity index (χ0v) is 6.91. The van der Waals surface area contributed by atoms with E-state index >= 15 is 0 Å². The third-order valence-corrected chi connectivity index (χ3v) is 1.99. The largest absolute Gasteiger partial charge is 0.319 e. The van der Waals surface area contributed by atoms with Crippen LogP contribution in [0.25, 0.3) is 6.08 Å². The van der Waals surface area contributed by atoms with Gasteiger partial charge in [0.15, 0.2) is 12.0 Å². The molecule has 0 saturated carbocycles. The second kappa shape index (κ2) is 2.97. The van der Waals surface area contributed by atoms with Gasteiger partial charge >= 0.3 is 0 Å². The van der Waals surface area contributed by atoms with Crippen LogP contribution < -0.4 is 5.56 Å². The van der Waals surface area contributed by atoms with Crippen molar-refractivity contribution in [1.82, 2.24) is 9.97 Å². The van der Waals surface area contributed by atoms with Crippen LogP contribution in [0.3, 0.4) is 0 Å². The fourth-order valence-electron chi connectivity index (χ4n) is 1.34. The number of nitrogens with zero attached hydrogens (tertiary/aromatic N) is 1. The summed E-state index contributed by atoms with van der Waals surface area (Å²) in [6.45, 7) is 0. The molecule has 0 fully saturated rings. The molecule has 1 N–H and O–H groups in total. The van der Waals surface area contributed by atoms with Crippen molar-refractivity contribution in [3.05, 3.63) is 33.5 Å². The molecule has 66 valence electrons. The summed E-state index contributed by atoms with van der Waals surface area (Å²) in [4.78, 5) is 28.1. The van der Waals surface area contributed by atoms with Crippen molar-refractivity contribution in [3.8, 4) is 0 Å². The van der Waals surface area contributed by atoms with Crippen LogP contribution in [0.5, 0.6) is 0 Å². The van der Waals surface area contributed by atoms with E-state index in [1.165, 1.54) is 0 Å². The maximum absolute atomic E-state index is 11.1. The van der Waals surface area contributed by atoms with Crippen molar-refractivity contribution in [2.45, 2.75) is 12.8 Å². The number of carbonyl (C=O) groups is 1. The highest BCUT2D eigenvalue weighted by Crippen LogP contribution is 2.12. The van der Waals surface area contributed by atoms with Crippen molar-refractivity contribution in [2.75, 3.05) is 0 Å². The van der Waals surface area contributed by atoms with Crippen LogP contribution in [-0.4, -0.2) is 16.3 Å². The van der Waals surface area contributed by atoms with Crippen molar-refractivity contribution >= 4 is 12.4 Å². The molecule has 0 bridgehead atoms. The van der Waals surface area contributed by atoms with Crippen molar-refractivity contribution in [3.63, 3.8) is 0 Å². The van der Waals surface area contributed by atoms with Crippen LogP contribution in [0.1, 0.15) is 28.3 Å². The van der Waals surface area contributed by atoms with Crippen LogP contribution in [0, 0.1) is 0 Å². The topological polar surface area (TPSA) is 62.8 Å². The number of aryl methyl sites for hydroxylation is 1. The maximum Gasteiger partial charge on any atom is 0.277 e. The number of aromatic nitrogens is 2. The lowest BCUT2D eigenvalue weighted by Gasteiger charge is -2.07. The number of aldehydes is 1. The van der Waals surface area contributed by atoms with Gasteiger partial charge in [-0.1, -0.05) is 6.08 Å². The van der Waals surface area contributed by atoms with Crippen LogP contribution in [-0.2, 0) is 6.42 Å². The van der Waals surface area contributed by atoms with Gasteiger partial charge in [0, 0.05) is 0 Å². The monoisotopic (exact) mass is 176 g/mol. The summed E-state index contributed by atoms with van der Waals surface area (Å²) in [5, 5.41) is 0. The predicted molar refractivity (Wildman–Crippen MR) is 47.6 cm³/mol. The minimum Gasteiger partial charge on any atom is -0.319 e. The Hall–Kier alpha value is -1.71. The Morgan fingerprint density at radius 1 is 1.54 bits per heavy atom. The molecule has 0 aromatic carbocycles. The van der Waals surface area contributed by atoms with Crippen molar-refractivity contribution in [2.24, 2.45) is 0 Å². The Balaban J connectivity index is 2.65. The lowest BCUT2D eigenvalue weighted by Crippen LogP contribution is -2.19. The molecule has 0 spiro atoms. The van der Waals surface area contributed by atoms with Crippen LogP contribution in [0.4, 0.5) is 0 Å². The molecule has 0 saturated heterocycles. The minimum atomic E-state index is -0.416. The Bertz CT molecular complexity index is 432. The summed E-state index contributed by atoms with van der Waals surface area (Å²) in [6, 6.07) is 0. The Kier molecular flexibility index (Phi) is 1.81. The number of carbonyl (C=O) groups excluding carboxylic acids is 1. The molecule has 1 aromatic rings. The number of hydrogen-bond acceptors (Lipinski definition) is 3. The molecule has 0 unspecified atom stereocenters. The van der Waals surface area contributed by atoms with E-state index in [0.29, 0.717) is 6.29 Å². The molecule has 4 heteroatoms. The SMILES string of the molecule is O=Cc1nc2c([nH]c1=O)C=CCC2. The second-order valence-corrected chi connectivity index (χ2v) is 2.87. The summed E-state index contributed by atoms with van der Waals surface area (Å²) in [5.41, 5.74) is 1.07. The Morgan fingerprint density at radius 2 is 2.38 bits per heavy atom. The first-order valence-corrected chi connectivity index (χ1v) is 4.06. The van der Waals surface area contributed by atoms with E-state index in [0.717, 1.165) is 24.2 Å². The highest BCUT2D eigenvalue weighted by Gasteiger charge is 2.09. The van der Waals surface area contributed by atoms with E-state index in [-0.39, 0.29) is 5.69 Å². The molecular weight excluding hydrogens is 168 g/mol. The van der Waals surface area contributed by atoms with Crippen LogP contribution in [0.2, 0.25) is 0 Å². The maximum atomic E-state index is 11.1. The summed E-state index contributed by atoms with van der Waals surface area (Å²) in [5.74, 6) is 0. The Morgan fingerprint density at radius 3 is 3.15 bits per heavy atom. The summed E-state index contributed by atoms with van der Waals surface area (Å²) >= 11 is 0. The zero-order valence-electron chi connectivity index (χ0n) is 6.91. The van der Waals surface area contributed by atoms with E-state index in [1.807, 2.05) is 12.2 Å². The molecular formula is C9H8N2O2. The van der Waals surface area contributed by atoms with E-state index in [1.54, 1.807) is 0 Å². The number of H-pyrrole nitrogens is 1. The van der Waals surface area contributed by atoms with Gasteiger partial charge in [0.1, 0.15) is 0 Å². The molecule has 0 radical (unpaired) electrons. The van der Waals surface area contributed by atoms with Gasteiger partial charge in [0.05, 0.1) is 11.4 Å². The summed E-state index contributed by atoms with van der Waals surface area (Å²) in [6.07, 6.45) is 5.97. The van der Waals surface area contributed by atoms with E-state index in [9.17, 15) is 9.59 Å². The number of allylic oxidation sites excluding steroid dienone is 1. The number of hydrogen-bond donors (Lipinski definition) is 1. The van der Waals surface area contributed by atoms with Crippen LogP contribution in [0.15, 0.2) is 10.9 Å². The van der Waals surface area contributed by atoms with Gasteiger partial charge in [-0.05, 0) is 18.9 Å². The number of fused-ring (bicyclic) bond motifs is 1. The van der Waals surface area contributed by atoms with E-state index in [4.69, 9.17) is 0 Å². The lowest BCUT2D eigenvalue weighted by atomic mass is 10.1. The molecule has 2 rings (SSSR count). The smallest absolute Gasteiger partial charge is 0.277 e. The van der Waals surface area contributed by atoms with Gasteiger partial charge < -0.3 is 4.98 Å². The third kappa shape index (κ3) is 1.30. The molecule has 1 aliphatic carbocycles. The quantitative estimate of drug-likeness (QED) is 0.635. The molecule has 4 nitrogen and oxygen atoms in total. The number of nitrogens with one attached hydrogen (secondary N) is 1.